The van der Waals surface area contributed by atoms with Crippen LogP contribution in [-0.4, -0.2) is 11.3 Å². The van der Waals surface area contributed by atoms with Gasteiger partial charge in [0.15, 0.2) is 0 Å². The smallest absolute Gasteiger partial charge is 0.000705 e. The SMILES string of the molecule is c1ccc(-c2ccccc2-c2c(P(C3CCCCC3)C3CCCCC3)ccc3c2Cc2ccccc2-3)cc1. The number of fused-ring (bicyclic) bond motifs is 3. The second kappa shape index (κ2) is 10.8. The fraction of sp³-hybridized carbons (Fsp3) is 0.351. The van der Waals surface area contributed by atoms with Crippen LogP contribution in [0.2, 0.25) is 0 Å². The highest BCUT2D eigenvalue weighted by molar-refractivity contribution is 7.67. The maximum atomic E-state index is 2.62. The summed E-state index contributed by atoms with van der Waals surface area (Å²) in [6.45, 7) is 0. The van der Waals surface area contributed by atoms with Crippen LogP contribution in [0.25, 0.3) is 33.4 Å². The van der Waals surface area contributed by atoms with Crippen molar-refractivity contribution in [2.24, 2.45) is 0 Å². The Labute approximate surface area is 230 Å². The van der Waals surface area contributed by atoms with Gasteiger partial charge in [-0.3, -0.25) is 0 Å². The van der Waals surface area contributed by atoms with Gasteiger partial charge in [-0.2, -0.15) is 0 Å². The van der Waals surface area contributed by atoms with E-state index in [1.807, 2.05) is 0 Å². The van der Waals surface area contributed by atoms with Crippen LogP contribution in [-0.2, 0) is 6.42 Å². The molecule has 0 spiro atoms. The van der Waals surface area contributed by atoms with Crippen molar-refractivity contribution >= 4 is 13.2 Å². The van der Waals surface area contributed by atoms with Gasteiger partial charge in [0.05, 0.1) is 0 Å². The van der Waals surface area contributed by atoms with E-state index in [-0.39, 0.29) is 7.92 Å². The van der Waals surface area contributed by atoms with Gasteiger partial charge in [-0.1, -0.05) is 137 Å². The van der Waals surface area contributed by atoms with Crippen molar-refractivity contribution in [2.75, 3.05) is 0 Å². The average molecular weight is 515 g/mol. The lowest BCUT2D eigenvalue weighted by Crippen LogP contribution is -2.27. The molecule has 3 aliphatic carbocycles. The zero-order valence-electron chi connectivity index (χ0n) is 22.5. The molecule has 0 N–H and O–H groups in total. The number of benzene rings is 4. The van der Waals surface area contributed by atoms with Crippen LogP contribution in [0, 0.1) is 0 Å². The second-order valence-corrected chi connectivity index (χ2v) is 14.5. The Balaban J connectivity index is 1.47. The Kier molecular flexibility index (Phi) is 6.94. The molecule has 0 saturated heterocycles. The largest absolute Gasteiger partial charge is 0.0683 e. The summed E-state index contributed by atoms with van der Waals surface area (Å²) in [7, 11) is -0.200. The van der Waals surface area contributed by atoms with E-state index in [9.17, 15) is 0 Å². The van der Waals surface area contributed by atoms with Gasteiger partial charge in [0.1, 0.15) is 0 Å². The molecular weight excluding hydrogens is 475 g/mol. The van der Waals surface area contributed by atoms with Crippen molar-refractivity contribution < 1.29 is 0 Å². The number of rotatable bonds is 5. The number of hydrogen-bond donors (Lipinski definition) is 0. The lowest BCUT2D eigenvalue weighted by Gasteiger charge is -2.40. The summed E-state index contributed by atoms with van der Waals surface area (Å²) in [5.41, 5.74) is 13.6. The van der Waals surface area contributed by atoms with E-state index < -0.39 is 0 Å². The molecule has 0 aromatic heterocycles. The highest BCUT2D eigenvalue weighted by Gasteiger charge is 2.36. The molecule has 2 fully saturated rings. The molecule has 0 radical (unpaired) electrons. The van der Waals surface area contributed by atoms with Crippen molar-refractivity contribution in [3.63, 3.8) is 0 Å². The second-order valence-electron chi connectivity index (χ2n) is 11.7. The molecule has 1 heteroatoms. The van der Waals surface area contributed by atoms with Gasteiger partial charge < -0.3 is 0 Å². The first-order valence-corrected chi connectivity index (χ1v) is 16.5. The van der Waals surface area contributed by atoms with Gasteiger partial charge in [0.2, 0.25) is 0 Å². The Morgan fingerprint density at radius 1 is 0.474 bits per heavy atom. The van der Waals surface area contributed by atoms with Crippen LogP contribution < -0.4 is 5.30 Å². The first-order valence-electron chi connectivity index (χ1n) is 15.1. The number of hydrogen-bond acceptors (Lipinski definition) is 0. The van der Waals surface area contributed by atoms with Crippen LogP contribution in [0.4, 0.5) is 0 Å². The van der Waals surface area contributed by atoms with Gasteiger partial charge in [-0.05, 0) is 93.2 Å². The Morgan fingerprint density at radius 3 is 1.74 bits per heavy atom. The zero-order chi connectivity index (χ0) is 25.3. The third kappa shape index (κ3) is 4.46. The normalized spacial score (nSPS) is 17.9. The van der Waals surface area contributed by atoms with Gasteiger partial charge in [-0.25, -0.2) is 0 Å². The summed E-state index contributed by atoms with van der Waals surface area (Å²) in [5, 5.41) is 1.73. The fourth-order valence-electron chi connectivity index (χ4n) is 7.70. The lowest BCUT2D eigenvalue weighted by molar-refractivity contribution is 0.487. The molecule has 3 aliphatic rings. The van der Waals surface area contributed by atoms with E-state index in [0.29, 0.717) is 0 Å². The molecule has 38 heavy (non-hydrogen) atoms. The Bertz CT molecular complexity index is 1390. The van der Waals surface area contributed by atoms with Gasteiger partial charge in [-0.15, -0.1) is 0 Å². The Hall–Kier alpha value is -2.69. The molecule has 4 aromatic carbocycles. The molecule has 0 bridgehead atoms. The maximum absolute atomic E-state index is 2.62. The highest BCUT2D eigenvalue weighted by Crippen LogP contribution is 2.58. The quantitative estimate of drug-likeness (QED) is 0.205. The summed E-state index contributed by atoms with van der Waals surface area (Å²) in [4.78, 5) is 0. The van der Waals surface area contributed by atoms with Crippen LogP contribution in [0.1, 0.15) is 75.3 Å². The predicted molar refractivity (Wildman–Crippen MR) is 166 cm³/mol. The van der Waals surface area contributed by atoms with E-state index >= 15 is 0 Å². The fourth-order valence-corrected chi connectivity index (χ4v) is 11.7. The van der Waals surface area contributed by atoms with Crippen LogP contribution in [0.3, 0.4) is 0 Å². The van der Waals surface area contributed by atoms with E-state index in [1.165, 1.54) is 97.6 Å². The summed E-state index contributed by atoms with van der Waals surface area (Å²) in [6.07, 6.45) is 15.4. The van der Waals surface area contributed by atoms with Gasteiger partial charge >= 0.3 is 0 Å². The molecule has 0 aliphatic heterocycles. The summed E-state index contributed by atoms with van der Waals surface area (Å²) in [5.74, 6) is 0. The minimum Gasteiger partial charge on any atom is -0.0683 e. The molecule has 0 nitrogen and oxygen atoms in total. The highest BCUT2D eigenvalue weighted by atomic mass is 31.1. The third-order valence-electron chi connectivity index (χ3n) is 9.46. The summed E-state index contributed by atoms with van der Waals surface area (Å²) in [6, 6.07) is 34.7. The van der Waals surface area contributed by atoms with Crippen molar-refractivity contribution in [3.05, 3.63) is 102 Å². The Morgan fingerprint density at radius 2 is 1.05 bits per heavy atom. The minimum atomic E-state index is -0.200. The van der Waals surface area contributed by atoms with Crippen molar-refractivity contribution in [3.8, 4) is 33.4 Å². The average Bonchev–Trinajstić information content (AvgIpc) is 3.38. The molecule has 7 rings (SSSR count). The van der Waals surface area contributed by atoms with Crippen LogP contribution >= 0.6 is 7.92 Å². The van der Waals surface area contributed by atoms with E-state index in [0.717, 1.165) is 17.7 Å². The molecule has 0 atom stereocenters. The molecule has 192 valence electrons. The lowest BCUT2D eigenvalue weighted by atomic mass is 9.90. The molecule has 2 saturated carbocycles. The molecule has 0 unspecified atom stereocenters. The van der Waals surface area contributed by atoms with E-state index in [4.69, 9.17) is 0 Å². The van der Waals surface area contributed by atoms with E-state index in [1.54, 1.807) is 16.4 Å². The molecule has 0 amide bonds. The first kappa shape index (κ1) is 24.4. The van der Waals surface area contributed by atoms with Crippen molar-refractivity contribution in [2.45, 2.75) is 81.9 Å². The van der Waals surface area contributed by atoms with Crippen LogP contribution in [0.5, 0.6) is 0 Å². The van der Waals surface area contributed by atoms with Gasteiger partial charge in [0.25, 0.3) is 0 Å². The maximum Gasteiger partial charge on any atom is -0.000705 e. The topological polar surface area (TPSA) is 0 Å². The standard InChI is InChI=1S/C37H39P/c1-4-14-27(15-5-1)31-21-12-13-23-34(31)37-35-26-28-16-10-11-22-32(28)33(35)24-25-36(37)38(29-17-6-2-7-18-29)30-19-8-3-9-20-30/h1,4-5,10-16,21-25,29-30H,2-3,6-9,17-20,26H2. The van der Waals surface area contributed by atoms with Gasteiger partial charge in [0, 0.05) is 0 Å². The monoisotopic (exact) mass is 514 g/mol. The summed E-state index contributed by atoms with van der Waals surface area (Å²) >= 11 is 0. The third-order valence-corrected chi connectivity index (χ3v) is 13.0. The van der Waals surface area contributed by atoms with E-state index in [2.05, 4.69) is 91.0 Å². The predicted octanol–water partition coefficient (Wildman–Crippen LogP) is 10.4. The molecule has 0 heterocycles. The first-order chi connectivity index (χ1) is 18.9. The molecular formula is C37H39P. The van der Waals surface area contributed by atoms with Crippen molar-refractivity contribution in [1.29, 1.82) is 0 Å². The molecule has 4 aromatic rings. The zero-order valence-corrected chi connectivity index (χ0v) is 23.4. The summed E-state index contributed by atoms with van der Waals surface area (Å²) < 4.78 is 0. The van der Waals surface area contributed by atoms with Crippen LogP contribution in [0.15, 0.2) is 91.0 Å². The van der Waals surface area contributed by atoms with Crippen molar-refractivity contribution in [1.82, 2.24) is 0 Å². The minimum absolute atomic E-state index is 0.200.